The number of aliphatic carboxylic acids is 1. The maximum Gasteiger partial charge on any atom is 0.308 e. The van der Waals surface area contributed by atoms with Crippen LogP contribution in [0.2, 0.25) is 0 Å². The molecule has 2 aliphatic rings. The van der Waals surface area contributed by atoms with Gasteiger partial charge in [-0.15, -0.1) is 0 Å². The maximum absolute atomic E-state index is 11.0. The predicted molar refractivity (Wildman–Crippen MR) is 51.1 cm³/mol. The van der Waals surface area contributed by atoms with Crippen molar-refractivity contribution in [1.29, 1.82) is 0 Å². The molecule has 2 fully saturated rings. The van der Waals surface area contributed by atoms with E-state index in [1.165, 1.54) is 0 Å². The summed E-state index contributed by atoms with van der Waals surface area (Å²) in [6.45, 7) is 1.59. The van der Waals surface area contributed by atoms with Crippen molar-refractivity contribution in [2.24, 2.45) is 5.92 Å². The van der Waals surface area contributed by atoms with Gasteiger partial charge in [-0.1, -0.05) is 0 Å². The van der Waals surface area contributed by atoms with Gasteiger partial charge < -0.3 is 9.84 Å². The van der Waals surface area contributed by atoms with Gasteiger partial charge in [-0.05, 0) is 19.3 Å². The lowest BCUT2D eigenvalue weighted by molar-refractivity contribution is -0.142. The Labute approximate surface area is 83.8 Å². The molecule has 2 bridgehead atoms. The quantitative estimate of drug-likeness (QED) is 0.719. The first-order valence-electron chi connectivity index (χ1n) is 5.21. The number of rotatable bonds is 4. The number of carboxylic acid groups (broad SMARTS) is 1. The van der Waals surface area contributed by atoms with Crippen molar-refractivity contribution in [3.63, 3.8) is 0 Å². The number of carbonyl (C=O) groups is 1. The van der Waals surface area contributed by atoms with Crippen LogP contribution in [0.15, 0.2) is 0 Å². The van der Waals surface area contributed by atoms with Gasteiger partial charge in [0.05, 0.1) is 12.5 Å². The fraction of sp³-hybridized carbons (Fsp3) is 0.900. The van der Waals surface area contributed by atoms with E-state index in [1.54, 1.807) is 7.11 Å². The molecule has 4 nitrogen and oxygen atoms in total. The number of hydrogen-bond donors (Lipinski definition) is 1. The topological polar surface area (TPSA) is 49.8 Å². The van der Waals surface area contributed by atoms with E-state index in [0.29, 0.717) is 12.6 Å². The van der Waals surface area contributed by atoms with Gasteiger partial charge in [0.2, 0.25) is 0 Å². The van der Waals surface area contributed by atoms with Crippen LogP contribution in [-0.4, -0.2) is 48.3 Å². The Morgan fingerprint density at radius 2 is 2.36 bits per heavy atom. The first-order valence-corrected chi connectivity index (χ1v) is 5.21. The number of hydrogen-bond acceptors (Lipinski definition) is 3. The van der Waals surface area contributed by atoms with Crippen LogP contribution in [0.1, 0.15) is 19.3 Å². The van der Waals surface area contributed by atoms with Gasteiger partial charge in [-0.2, -0.15) is 0 Å². The van der Waals surface area contributed by atoms with Crippen molar-refractivity contribution in [3.05, 3.63) is 0 Å². The minimum Gasteiger partial charge on any atom is -0.481 e. The Kier molecular flexibility index (Phi) is 2.74. The zero-order valence-electron chi connectivity index (χ0n) is 8.48. The molecular formula is C10H17NO3. The summed E-state index contributed by atoms with van der Waals surface area (Å²) in [5.74, 6) is -0.759. The van der Waals surface area contributed by atoms with E-state index in [9.17, 15) is 4.79 Å². The SMILES string of the molecule is COCCN1C2CCC1C(C(=O)O)C2. The van der Waals surface area contributed by atoms with Crippen molar-refractivity contribution in [2.75, 3.05) is 20.3 Å². The molecule has 0 spiro atoms. The molecule has 4 heteroatoms. The second-order valence-corrected chi connectivity index (χ2v) is 4.21. The number of carboxylic acids is 1. The summed E-state index contributed by atoms with van der Waals surface area (Å²) in [5, 5.41) is 9.02. The zero-order chi connectivity index (χ0) is 10.1. The minimum atomic E-state index is -0.625. The van der Waals surface area contributed by atoms with Crippen LogP contribution in [0.4, 0.5) is 0 Å². The third kappa shape index (κ3) is 1.53. The monoisotopic (exact) mass is 199 g/mol. The Morgan fingerprint density at radius 1 is 1.57 bits per heavy atom. The Balaban J connectivity index is 1.97. The molecule has 2 saturated heterocycles. The highest BCUT2D eigenvalue weighted by atomic mass is 16.5. The van der Waals surface area contributed by atoms with Crippen LogP contribution in [0.25, 0.3) is 0 Å². The van der Waals surface area contributed by atoms with Crippen molar-refractivity contribution < 1.29 is 14.6 Å². The third-order valence-electron chi connectivity index (χ3n) is 3.55. The highest BCUT2D eigenvalue weighted by Crippen LogP contribution is 2.41. The molecule has 3 atom stereocenters. The summed E-state index contributed by atoms with van der Waals surface area (Å²) < 4.78 is 5.03. The average Bonchev–Trinajstić information content (AvgIpc) is 2.71. The standard InChI is InChI=1S/C10H17NO3/c1-14-5-4-11-7-2-3-9(11)8(6-7)10(12)13/h7-9H,2-6H2,1H3,(H,12,13). The van der Waals surface area contributed by atoms with Gasteiger partial charge in [-0.25, -0.2) is 0 Å². The van der Waals surface area contributed by atoms with E-state index in [2.05, 4.69) is 4.90 Å². The predicted octanol–water partition coefficient (Wildman–Crippen LogP) is 0.570. The zero-order valence-corrected chi connectivity index (χ0v) is 8.48. The molecule has 0 aliphatic carbocycles. The fourth-order valence-electron chi connectivity index (χ4n) is 2.91. The summed E-state index contributed by atoms with van der Waals surface area (Å²) in [4.78, 5) is 13.3. The largest absolute Gasteiger partial charge is 0.481 e. The van der Waals surface area contributed by atoms with Gasteiger partial charge >= 0.3 is 5.97 Å². The molecule has 0 aromatic heterocycles. The second kappa shape index (κ2) is 3.87. The van der Waals surface area contributed by atoms with E-state index in [1.807, 2.05) is 0 Å². The molecule has 3 unspecified atom stereocenters. The van der Waals surface area contributed by atoms with E-state index in [0.717, 1.165) is 25.8 Å². The number of ether oxygens (including phenoxy) is 1. The molecule has 0 aromatic rings. The van der Waals surface area contributed by atoms with E-state index in [-0.39, 0.29) is 12.0 Å². The lowest BCUT2D eigenvalue weighted by atomic mass is 9.89. The smallest absolute Gasteiger partial charge is 0.308 e. The molecule has 0 saturated carbocycles. The van der Waals surface area contributed by atoms with Gasteiger partial charge in [0.25, 0.3) is 0 Å². The molecule has 1 N–H and O–H groups in total. The van der Waals surface area contributed by atoms with E-state index < -0.39 is 5.97 Å². The Bertz CT molecular complexity index is 231. The highest BCUT2D eigenvalue weighted by molar-refractivity contribution is 5.71. The van der Waals surface area contributed by atoms with E-state index in [4.69, 9.17) is 9.84 Å². The fourth-order valence-corrected chi connectivity index (χ4v) is 2.91. The molecular weight excluding hydrogens is 182 g/mol. The van der Waals surface area contributed by atoms with Crippen LogP contribution < -0.4 is 0 Å². The Hall–Kier alpha value is -0.610. The number of methoxy groups -OCH3 is 1. The summed E-state index contributed by atoms with van der Waals surface area (Å²) in [6.07, 6.45) is 3.05. The van der Waals surface area contributed by atoms with Crippen molar-refractivity contribution in [1.82, 2.24) is 4.90 Å². The summed E-state index contributed by atoms with van der Waals surface area (Å²) in [5.41, 5.74) is 0. The van der Waals surface area contributed by atoms with Crippen LogP contribution in [0.3, 0.4) is 0 Å². The van der Waals surface area contributed by atoms with Crippen LogP contribution in [-0.2, 0) is 9.53 Å². The van der Waals surface area contributed by atoms with Gasteiger partial charge in [0.15, 0.2) is 0 Å². The molecule has 2 aliphatic heterocycles. The molecule has 14 heavy (non-hydrogen) atoms. The van der Waals surface area contributed by atoms with Crippen molar-refractivity contribution in [2.45, 2.75) is 31.3 Å². The van der Waals surface area contributed by atoms with Gasteiger partial charge in [-0.3, -0.25) is 9.69 Å². The Morgan fingerprint density at radius 3 is 2.93 bits per heavy atom. The lowest BCUT2D eigenvalue weighted by Crippen LogP contribution is -2.35. The molecule has 0 radical (unpaired) electrons. The highest BCUT2D eigenvalue weighted by Gasteiger charge is 2.48. The van der Waals surface area contributed by atoms with Gasteiger partial charge in [0.1, 0.15) is 0 Å². The molecule has 2 rings (SSSR count). The van der Waals surface area contributed by atoms with Gasteiger partial charge in [0, 0.05) is 25.7 Å². The molecule has 80 valence electrons. The molecule has 0 amide bonds. The van der Waals surface area contributed by atoms with Crippen molar-refractivity contribution in [3.8, 4) is 0 Å². The molecule has 2 heterocycles. The normalized spacial score (nSPS) is 36.5. The second-order valence-electron chi connectivity index (χ2n) is 4.21. The first kappa shape index (κ1) is 9.93. The maximum atomic E-state index is 11.0. The first-order chi connectivity index (χ1) is 6.74. The van der Waals surface area contributed by atoms with Crippen molar-refractivity contribution >= 4 is 5.97 Å². The lowest BCUT2D eigenvalue weighted by Gasteiger charge is -2.21. The van der Waals surface area contributed by atoms with Crippen LogP contribution in [0, 0.1) is 5.92 Å². The summed E-state index contributed by atoms with van der Waals surface area (Å²) >= 11 is 0. The van der Waals surface area contributed by atoms with Crippen LogP contribution in [0.5, 0.6) is 0 Å². The number of fused-ring (bicyclic) bond motifs is 2. The average molecular weight is 199 g/mol. The minimum absolute atomic E-state index is 0.134. The summed E-state index contributed by atoms with van der Waals surface area (Å²) in [6, 6.07) is 0.767. The number of nitrogens with zero attached hydrogens (tertiary/aromatic N) is 1. The van der Waals surface area contributed by atoms with Crippen LogP contribution >= 0.6 is 0 Å². The van der Waals surface area contributed by atoms with E-state index >= 15 is 0 Å². The summed E-state index contributed by atoms with van der Waals surface area (Å²) in [7, 11) is 1.69. The molecule has 0 aromatic carbocycles. The third-order valence-corrected chi connectivity index (χ3v) is 3.55.